The fourth-order valence-electron chi connectivity index (χ4n) is 2.80. The second-order valence-electron chi connectivity index (χ2n) is 5.20. The number of aromatic carboxylic acids is 2. The summed E-state index contributed by atoms with van der Waals surface area (Å²) < 4.78 is 4.69. The quantitative estimate of drug-likeness (QED) is 0.567. The summed E-state index contributed by atoms with van der Waals surface area (Å²) in [5.41, 5.74) is -1.28. The van der Waals surface area contributed by atoms with Crippen molar-refractivity contribution >= 4 is 39.5 Å². The number of benzene rings is 3. The van der Waals surface area contributed by atoms with Crippen LogP contribution in [0.5, 0.6) is 0 Å². The van der Waals surface area contributed by atoms with E-state index < -0.39 is 29.0 Å². The van der Waals surface area contributed by atoms with E-state index in [1.165, 1.54) is 6.07 Å². The minimum atomic E-state index is -1.50. The van der Waals surface area contributed by atoms with Gasteiger partial charge in [-0.2, -0.15) is 0 Å². The Labute approximate surface area is 135 Å². The lowest BCUT2D eigenvalue weighted by Gasteiger charge is -2.13. The van der Waals surface area contributed by atoms with E-state index in [2.05, 4.69) is 4.74 Å². The molecule has 3 aromatic rings. The summed E-state index contributed by atoms with van der Waals surface area (Å²) >= 11 is 0. The number of carboxylic acid groups (broad SMARTS) is 2. The molecule has 2 N–H and O–H groups in total. The number of hydrogen-bond donors (Lipinski definition) is 2. The van der Waals surface area contributed by atoms with Crippen molar-refractivity contribution in [2.75, 3.05) is 7.11 Å². The summed E-state index contributed by atoms with van der Waals surface area (Å²) in [5, 5.41) is 21.2. The maximum atomic E-state index is 12.2. The molecule has 0 radical (unpaired) electrons. The Kier molecular flexibility index (Phi) is 3.65. The van der Waals surface area contributed by atoms with E-state index in [1.54, 1.807) is 12.1 Å². The molecule has 0 atom stereocenters. The van der Waals surface area contributed by atoms with E-state index in [0.717, 1.165) is 17.9 Å². The first-order chi connectivity index (χ1) is 11.4. The fraction of sp³-hybridized carbons (Fsp3) is 0.0556. The van der Waals surface area contributed by atoms with Crippen molar-refractivity contribution in [1.82, 2.24) is 0 Å². The van der Waals surface area contributed by atoms with Gasteiger partial charge in [-0.05, 0) is 39.7 Å². The van der Waals surface area contributed by atoms with Gasteiger partial charge < -0.3 is 14.9 Å². The van der Waals surface area contributed by atoms with Crippen molar-refractivity contribution in [3.8, 4) is 0 Å². The zero-order valence-electron chi connectivity index (χ0n) is 12.6. The molecule has 0 saturated carbocycles. The Morgan fingerprint density at radius 1 is 0.833 bits per heavy atom. The Bertz CT molecular complexity index is 1020. The zero-order chi connectivity index (χ0) is 17.4. The molecule has 0 aliphatic heterocycles. The Balaban J connectivity index is 2.56. The van der Waals surface area contributed by atoms with Crippen LogP contribution in [-0.4, -0.2) is 35.2 Å². The Hall–Kier alpha value is -3.41. The van der Waals surface area contributed by atoms with Crippen LogP contribution in [0.1, 0.15) is 31.1 Å². The summed E-state index contributed by atoms with van der Waals surface area (Å²) in [4.78, 5) is 35.3. The van der Waals surface area contributed by atoms with Crippen LogP contribution < -0.4 is 0 Å². The van der Waals surface area contributed by atoms with Crippen LogP contribution in [-0.2, 0) is 4.74 Å². The normalized spacial score (nSPS) is 10.7. The van der Waals surface area contributed by atoms with E-state index in [9.17, 15) is 24.6 Å². The van der Waals surface area contributed by atoms with Crippen LogP contribution in [0.4, 0.5) is 0 Å². The highest BCUT2D eigenvalue weighted by atomic mass is 16.5. The van der Waals surface area contributed by atoms with Crippen molar-refractivity contribution in [1.29, 1.82) is 0 Å². The molecule has 0 heterocycles. The number of fused-ring (bicyclic) bond motifs is 2. The first kappa shape index (κ1) is 15.5. The summed E-state index contributed by atoms with van der Waals surface area (Å²) in [6.07, 6.45) is 0. The highest BCUT2D eigenvalue weighted by molar-refractivity contribution is 6.19. The predicted molar refractivity (Wildman–Crippen MR) is 86.7 cm³/mol. The van der Waals surface area contributed by atoms with Gasteiger partial charge in [0.05, 0.1) is 23.8 Å². The van der Waals surface area contributed by atoms with Crippen molar-refractivity contribution in [3.05, 3.63) is 59.2 Å². The molecule has 24 heavy (non-hydrogen) atoms. The highest BCUT2D eigenvalue weighted by Crippen LogP contribution is 2.31. The third-order valence-corrected chi connectivity index (χ3v) is 3.84. The van der Waals surface area contributed by atoms with Crippen molar-refractivity contribution in [2.24, 2.45) is 0 Å². The van der Waals surface area contributed by atoms with E-state index in [0.29, 0.717) is 10.8 Å². The minimum Gasteiger partial charge on any atom is -0.478 e. The second-order valence-corrected chi connectivity index (χ2v) is 5.20. The molecular formula is C18H12O6. The predicted octanol–water partition coefficient (Wildman–Crippen LogP) is 3.18. The molecule has 3 rings (SSSR count). The molecular weight excluding hydrogens is 312 g/mol. The van der Waals surface area contributed by atoms with Gasteiger partial charge in [-0.3, -0.25) is 0 Å². The summed E-state index contributed by atoms with van der Waals surface area (Å²) in [6, 6.07) is 12.0. The number of methoxy groups -OCH3 is 1. The van der Waals surface area contributed by atoms with Crippen LogP contribution in [0.15, 0.2) is 42.5 Å². The number of esters is 1. The maximum Gasteiger partial charge on any atom is 0.339 e. The van der Waals surface area contributed by atoms with E-state index >= 15 is 0 Å². The van der Waals surface area contributed by atoms with Crippen LogP contribution in [0.2, 0.25) is 0 Å². The standard InChI is InChI=1S/C18H12O6/c1-24-18(23)15-12-7-10-5-3-2-4-9(10)6-11(12)8-13(16(19)20)14(15)17(21)22/h2-8H,1H3,(H,19,20)(H,21,22). The lowest BCUT2D eigenvalue weighted by Crippen LogP contribution is -2.16. The number of carbonyl (C=O) groups excluding carboxylic acids is 1. The number of carboxylic acids is 2. The SMILES string of the molecule is COC(=O)c1c(C(=O)O)c(C(=O)O)cc2cc3ccccc3cc12. The van der Waals surface area contributed by atoms with E-state index in [-0.39, 0.29) is 5.56 Å². The molecule has 0 aromatic heterocycles. The Morgan fingerprint density at radius 3 is 2.00 bits per heavy atom. The zero-order valence-corrected chi connectivity index (χ0v) is 12.6. The number of hydrogen-bond acceptors (Lipinski definition) is 4. The van der Waals surface area contributed by atoms with Crippen molar-refractivity contribution in [2.45, 2.75) is 0 Å². The van der Waals surface area contributed by atoms with Gasteiger partial charge in [-0.25, -0.2) is 14.4 Å². The molecule has 0 spiro atoms. The van der Waals surface area contributed by atoms with Crippen molar-refractivity contribution < 1.29 is 29.3 Å². The minimum absolute atomic E-state index is 0.259. The van der Waals surface area contributed by atoms with Gasteiger partial charge in [0.15, 0.2) is 0 Å². The maximum absolute atomic E-state index is 12.2. The van der Waals surface area contributed by atoms with Crippen LogP contribution in [0.3, 0.4) is 0 Å². The average Bonchev–Trinajstić information content (AvgIpc) is 2.57. The molecule has 0 fully saturated rings. The third-order valence-electron chi connectivity index (χ3n) is 3.84. The van der Waals surface area contributed by atoms with Gasteiger partial charge in [-0.1, -0.05) is 24.3 Å². The monoisotopic (exact) mass is 324 g/mol. The first-order valence-corrected chi connectivity index (χ1v) is 6.98. The van der Waals surface area contributed by atoms with Gasteiger partial charge in [0.2, 0.25) is 0 Å². The van der Waals surface area contributed by atoms with Crippen LogP contribution >= 0.6 is 0 Å². The lowest BCUT2D eigenvalue weighted by atomic mass is 9.92. The molecule has 0 aliphatic rings. The summed E-state index contributed by atoms with van der Waals surface area (Å²) in [7, 11) is 1.12. The van der Waals surface area contributed by atoms with Crippen LogP contribution in [0.25, 0.3) is 21.5 Å². The molecule has 0 bridgehead atoms. The number of ether oxygens (including phenoxy) is 1. The molecule has 0 saturated heterocycles. The third kappa shape index (κ3) is 2.34. The second kappa shape index (κ2) is 5.66. The van der Waals surface area contributed by atoms with E-state index in [1.807, 2.05) is 24.3 Å². The molecule has 6 heteroatoms. The van der Waals surface area contributed by atoms with Gasteiger partial charge in [0.1, 0.15) is 0 Å². The van der Waals surface area contributed by atoms with Crippen LogP contribution in [0, 0.1) is 0 Å². The fourth-order valence-corrected chi connectivity index (χ4v) is 2.80. The van der Waals surface area contributed by atoms with Gasteiger partial charge >= 0.3 is 17.9 Å². The average molecular weight is 324 g/mol. The molecule has 0 amide bonds. The molecule has 6 nitrogen and oxygen atoms in total. The molecule has 0 unspecified atom stereocenters. The number of carbonyl (C=O) groups is 3. The topological polar surface area (TPSA) is 101 Å². The molecule has 3 aromatic carbocycles. The van der Waals surface area contributed by atoms with Gasteiger partial charge in [-0.15, -0.1) is 0 Å². The lowest BCUT2D eigenvalue weighted by molar-refractivity contribution is 0.0582. The summed E-state index contributed by atoms with van der Waals surface area (Å²) in [5.74, 6) is -3.81. The van der Waals surface area contributed by atoms with Crippen molar-refractivity contribution in [3.63, 3.8) is 0 Å². The van der Waals surface area contributed by atoms with Gasteiger partial charge in [0, 0.05) is 0 Å². The summed E-state index contributed by atoms with van der Waals surface area (Å²) in [6.45, 7) is 0. The van der Waals surface area contributed by atoms with E-state index in [4.69, 9.17) is 0 Å². The van der Waals surface area contributed by atoms with Gasteiger partial charge in [0.25, 0.3) is 0 Å². The molecule has 120 valence electrons. The smallest absolute Gasteiger partial charge is 0.339 e. The Morgan fingerprint density at radius 2 is 1.46 bits per heavy atom. The highest BCUT2D eigenvalue weighted by Gasteiger charge is 2.27. The first-order valence-electron chi connectivity index (χ1n) is 6.98. The molecule has 0 aliphatic carbocycles. The largest absolute Gasteiger partial charge is 0.478 e. The number of rotatable bonds is 3.